The van der Waals surface area contributed by atoms with Crippen molar-refractivity contribution < 1.29 is 4.79 Å². The first-order valence-corrected chi connectivity index (χ1v) is 6.95. The van der Waals surface area contributed by atoms with Crippen LogP contribution in [0.2, 0.25) is 0 Å². The van der Waals surface area contributed by atoms with Crippen molar-refractivity contribution in [2.24, 2.45) is 11.7 Å². The zero-order valence-electron chi connectivity index (χ0n) is 11.6. The van der Waals surface area contributed by atoms with Gasteiger partial charge in [0.15, 0.2) is 0 Å². The molecule has 19 heavy (non-hydrogen) atoms. The van der Waals surface area contributed by atoms with Gasteiger partial charge in [-0.25, -0.2) is 0 Å². The van der Waals surface area contributed by atoms with E-state index in [1.54, 1.807) is 0 Å². The van der Waals surface area contributed by atoms with Crippen LogP contribution in [0.15, 0.2) is 24.3 Å². The Labute approximate surface area is 115 Å². The number of anilines is 1. The summed E-state index contributed by atoms with van der Waals surface area (Å²) in [4.78, 5) is 14.0. The SMILES string of the molecule is CN(CC(=O)Nc1ccc(CN)cc1)CC1CCC1. The zero-order chi connectivity index (χ0) is 13.7. The standard InChI is InChI=1S/C15H23N3O/c1-18(10-13-3-2-4-13)11-15(19)17-14-7-5-12(9-16)6-8-14/h5-8,13H,2-4,9-11,16H2,1H3,(H,17,19). The predicted octanol–water partition coefficient (Wildman–Crippen LogP) is 1.82. The van der Waals surface area contributed by atoms with Crippen LogP contribution in [0.5, 0.6) is 0 Å². The summed E-state index contributed by atoms with van der Waals surface area (Å²) in [6.45, 7) is 2.01. The van der Waals surface area contributed by atoms with Crippen LogP contribution < -0.4 is 11.1 Å². The molecular formula is C15H23N3O. The first kappa shape index (κ1) is 14.0. The van der Waals surface area contributed by atoms with Crippen molar-refractivity contribution in [1.82, 2.24) is 4.90 Å². The molecular weight excluding hydrogens is 238 g/mol. The molecule has 1 aliphatic carbocycles. The Balaban J connectivity index is 1.75. The third kappa shape index (κ3) is 4.33. The molecule has 1 saturated carbocycles. The Morgan fingerprint density at radius 1 is 1.37 bits per heavy atom. The highest BCUT2D eigenvalue weighted by Crippen LogP contribution is 2.26. The number of nitrogens with one attached hydrogen (secondary N) is 1. The molecule has 3 N–H and O–H groups in total. The maximum absolute atomic E-state index is 11.9. The molecule has 104 valence electrons. The van der Waals surface area contributed by atoms with Crippen LogP contribution in [-0.4, -0.2) is 30.9 Å². The molecule has 0 atom stereocenters. The van der Waals surface area contributed by atoms with Crippen LogP contribution >= 0.6 is 0 Å². The second-order valence-electron chi connectivity index (χ2n) is 5.44. The highest BCUT2D eigenvalue weighted by molar-refractivity contribution is 5.92. The number of carbonyl (C=O) groups is 1. The maximum Gasteiger partial charge on any atom is 0.238 e. The van der Waals surface area contributed by atoms with Crippen LogP contribution in [0.1, 0.15) is 24.8 Å². The topological polar surface area (TPSA) is 58.4 Å². The number of benzene rings is 1. The van der Waals surface area contributed by atoms with Gasteiger partial charge in [0.25, 0.3) is 0 Å². The number of carbonyl (C=O) groups excluding carboxylic acids is 1. The Morgan fingerprint density at radius 3 is 2.58 bits per heavy atom. The van der Waals surface area contributed by atoms with E-state index in [0.29, 0.717) is 13.1 Å². The Morgan fingerprint density at radius 2 is 2.05 bits per heavy atom. The lowest BCUT2D eigenvalue weighted by molar-refractivity contribution is -0.117. The van der Waals surface area contributed by atoms with Gasteiger partial charge in [-0.05, 0) is 43.5 Å². The number of hydrogen-bond donors (Lipinski definition) is 2. The van der Waals surface area contributed by atoms with Crippen LogP contribution in [-0.2, 0) is 11.3 Å². The van der Waals surface area contributed by atoms with E-state index >= 15 is 0 Å². The number of likely N-dealkylation sites (N-methyl/N-ethyl adjacent to an activating group) is 1. The smallest absolute Gasteiger partial charge is 0.238 e. The van der Waals surface area contributed by atoms with E-state index in [1.165, 1.54) is 19.3 Å². The Hall–Kier alpha value is -1.39. The number of nitrogens with zero attached hydrogens (tertiary/aromatic N) is 1. The van der Waals surface area contributed by atoms with Gasteiger partial charge in [-0.1, -0.05) is 18.6 Å². The van der Waals surface area contributed by atoms with Crippen molar-refractivity contribution in [2.45, 2.75) is 25.8 Å². The summed E-state index contributed by atoms with van der Waals surface area (Å²) < 4.78 is 0. The minimum Gasteiger partial charge on any atom is -0.326 e. The predicted molar refractivity (Wildman–Crippen MR) is 77.8 cm³/mol. The third-order valence-electron chi connectivity index (χ3n) is 3.68. The van der Waals surface area contributed by atoms with Crippen LogP contribution in [0.25, 0.3) is 0 Å². The number of nitrogens with two attached hydrogens (primary N) is 1. The van der Waals surface area contributed by atoms with Gasteiger partial charge in [0.1, 0.15) is 0 Å². The molecule has 1 aromatic carbocycles. The first-order chi connectivity index (χ1) is 9.17. The summed E-state index contributed by atoms with van der Waals surface area (Å²) >= 11 is 0. The summed E-state index contributed by atoms with van der Waals surface area (Å²) in [5, 5.41) is 2.91. The fraction of sp³-hybridized carbons (Fsp3) is 0.533. The van der Waals surface area contributed by atoms with Gasteiger partial charge in [-0.2, -0.15) is 0 Å². The number of amides is 1. The van der Waals surface area contributed by atoms with E-state index in [-0.39, 0.29) is 5.91 Å². The Kier molecular flexibility index (Phi) is 4.93. The fourth-order valence-corrected chi connectivity index (χ4v) is 2.35. The monoisotopic (exact) mass is 261 g/mol. The molecule has 0 spiro atoms. The van der Waals surface area contributed by atoms with Gasteiger partial charge in [0.2, 0.25) is 5.91 Å². The normalized spacial score (nSPS) is 15.3. The summed E-state index contributed by atoms with van der Waals surface area (Å²) in [6, 6.07) is 7.67. The van der Waals surface area contributed by atoms with E-state index in [4.69, 9.17) is 5.73 Å². The molecule has 0 unspecified atom stereocenters. The summed E-state index contributed by atoms with van der Waals surface area (Å²) in [5.41, 5.74) is 7.44. The molecule has 0 radical (unpaired) electrons. The highest BCUT2D eigenvalue weighted by atomic mass is 16.2. The lowest BCUT2D eigenvalue weighted by atomic mass is 9.85. The fourth-order valence-electron chi connectivity index (χ4n) is 2.35. The maximum atomic E-state index is 11.9. The lowest BCUT2D eigenvalue weighted by Gasteiger charge is -2.29. The molecule has 1 amide bonds. The van der Waals surface area contributed by atoms with Gasteiger partial charge >= 0.3 is 0 Å². The molecule has 0 aliphatic heterocycles. The van der Waals surface area contributed by atoms with E-state index in [0.717, 1.165) is 23.7 Å². The van der Waals surface area contributed by atoms with Gasteiger partial charge in [0.05, 0.1) is 6.54 Å². The largest absolute Gasteiger partial charge is 0.326 e. The molecule has 0 bridgehead atoms. The molecule has 1 fully saturated rings. The van der Waals surface area contributed by atoms with Crippen molar-refractivity contribution in [3.8, 4) is 0 Å². The van der Waals surface area contributed by atoms with E-state index in [2.05, 4.69) is 10.2 Å². The van der Waals surface area contributed by atoms with Gasteiger partial charge < -0.3 is 11.1 Å². The second kappa shape index (κ2) is 6.68. The summed E-state index contributed by atoms with van der Waals surface area (Å²) in [6.07, 6.45) is 3.97. The van der Waals surface area contributed by atoms with Crippen molar-refractivity contribution in [1.29, 1.82) is 0 Å². The van der Waals surface area contributed by atoms with Gasteiger partial charge in [0, 0.05) is 18.8 Å². The molecule has 0 saturated heterocycles. The van der Waals surface area contributed by atoms with E-state index in [1.807, 2.05) is 31.3 Å². The number of hydrogen-bond acceptors (Lipinski definition) is 3. The minimum absolute atomic E-state index is 0.0438. The minimum atomic E-state index is 0.0438. The Bertz CT molecular complexity index is 412. The molecule has 0 aromatic heterocycles. The van der Waals surface area contributed by atoms with Crippen LogP contribution in [0.4, 0.5) is 5.69 Å². The van der Waals surface area contributed by atoms with Gasteiger partial charge in [-0.3, -0.25) is 9.69 Å². The average molecular weight is 261 g/mol. The lowest BCUT2D eigenvalue weighted by Crippen LogP contribution is -2.35. The van der Waals surface area contributed by atoms with Crippen molar-refractivity contribution >= 4 is 11.6 Å². The molecule has 1 aliphatic rings. The number of rotatable bonds is 6. The highest BCUT2D eigenvalue weighted by Gasteiger charge is 2.19. The van der Waals surface area contributed by atoms with Crippen molar-refractivity contribution in [2.75, 3.05) is 25.5 Å². The van der Waals surface area contributed by atoms with Crippen molar-refractivity contribution in [3.05, 3.63) is 29.8 Å². The van der Waals surface area contributed by atoms with E-state index < -0.39 is 0 Å². The van der Waals surface area contributed by atoms with Crippen LogP contribution in [0, 0.1) is 5.92 Å². The molecule has 0 heterocycles. The van der Waals surface area contributed by atoms with Crippen molar-refractivity contribution in [3.63, 3.8) is 0 Å². The zero-order valence-corrected chi connectivity index (χ0v) is 11.6. The molecule has 4 nitrogen and oxygen atoms in total. The molecule has 2 rings (SSSR count). The summed E-state index contributed by atoms with van der Waals surface area (Å²) in [5.74, 6) is 0.837. The average Bonchev–Trinajstić information content (AvgIpc) is 2.35. The quantitative estimate of drug-likeness (QED) is 0.821. The third-order valence-corrected chi connectivity index (χ3v) is 3.68. The van der Waals surface area contributed by atoms with Crippen LogP contribution in [0.3, 0.4) is 0 Å². The van der Waals surface area contributed by atoms with Gasteiger partial charge in [-0.15, -0.1) is 0 Å². The summed E-state index contributed by atoms with van der Waals surface area (Å²) in [7, 11) is 2.01. The molecule has 1 aromatic rings. The molecule has 4 heteroatoms. The second-order valence-corrected chi connectivity index (χ2v) is 5.44. The first-order valence-electron chi connectivity index (χ1n) is 6.95. The van der Waals surface area contributed by atoms with E-state index in [9.17, 15) is 4.79 Å².